The zero-order valence-corrected chi connectivity index (χ0v) is 8.60. The third kappa shape index (κ3) is 8.94. The van der Waals surface area contributed by atoms with Crippen molar-refractivity contribution >= 4 is 23.6 Å². The molecule has 0 spiro atoms. The molecule has 0 aromatic heterocycles. The van der Waals surface area contributed by atoms with Gasteiger partial charge < -0.3 is 10.4 Å². The van der Waals surface area contributed by atoms with Gasteiger partial charge in [0.05, 0.1) is 11.5 Å². The summed E-state index contributed by atoms with van der Waals surface area (Å²) in [5.74, 6) is 1.55. The van der Waals surface area contributed by atoms with Gasteiger partial charge in [-0.25, -0.2) is 0 Å². The summed E-state index contributed by atoms with van der Waals surface area (Å²) in [7, 11) is 0. The highest BCUT2D eigenvalue weighted by Gasteiger charge is 2.02. The predicted molar refractivity (Wildman–Crippen MR) is 56.0 cm³/mol. The normalized spacial score (nSPS) is 9.07. The van der Waals surface area contributed by atoms with Crippen LogP contribution in [0.15, 0.2) is 0 Å². The molecule has 0 atom stereocenters. The van der Waals surface area contributed by atoms with Crippen LogP contribution < -0.4 is 5.32 Å². The number of carboxylic acids is 1. The van der Waals surface area contributed by atoms with E-state index in [4.69, 9.17) is 11.5 Å². The summed E-state index contributed by atoms with van der Waals surface area (Å²) in [6.45, 7) is 0.552. The van der Waals surface area contributed by atoms with Crippen LogP contribution in [0.2, 0.25) is 0 Å². The Bertz CT molecular complexity index is 235. The Kier molecular flexibility index (Phi) is 7.75. The molecule has 0 aliphatic carbocycles. The van der Waals surface area contributed by atoms with Crippen LogP contribution >= 0.6 is 11.8 Å². The molecule has 0 heterocycles. The molecule has 2 N–H and O–H groups in total. The van der Waals surface area contributed by atoms with Crippen molar-refractivity contribution in [3.8, 4) is 12.3 Å². The van der Waals surface area contributed by atoms with Crippen LogP contribution in [0.3, 0.4) is 0 Å². The van der Waals surface area contributed by atoms with Crippen molar-refractivity contribution in [2.45, 2.75) is 12.8 Å². The fourth-order valence-electron chi connectivity index (χ4n) is 0.700. The van der Waals surface area contributed by atoms with Crippen molar-refractivity contribution in [1.82, 2.24) is 5.32 Å². The van der Waals surface area contributed by atoms with Gasteiger partial charge in [-0.1, -0.05) is 0 Å². The first kappa shape index (κ1) is 12.8. The van der Waals surface area contributed by atoms with E-state index in [1.165, 1.54) is 0 Å². The molecule has 0 fully saturated rings. The Morgan fingerprint density at radius 2 is 2.14 bits per heavy atom. The van der Waals surface area contributed by atoms with Crippen molar-refractivity contribution in [3.05, 3.63) is 0 Å². The first-order valence-corrected chi connectivity index (χ1v) is 5.32. The van der Waals surface area contributed by atoms with E-state index >= 15 is 0 Å². The number of amides is 1. The molecular formula is C9H13NO3S. The second-order valence-corrected chi connectivity index (χ2v) is 3.53. The van der Waals surface area contributed by atoms with Crippen LogP contribution in [0.4, 0.5) is 0 Å². The lowest BCUT2D eigenvalue weighted by molar-refractivity contribution is -0.133. The number of nitrogens with one attached hydrogen (secondary N) is 1. The van der Waals surface area contributed by atoms with Gasteiger partial charge in [0.2, 0.25) is 5.91 Å². The molecule has 0 saturated heterocycles. The number of hydrogen-bond donors (Lipinski definition) is 2. The first-order valence-electron chi connectivity index (χ1n) is 4.16. The molecule has 0 radical (unpaired) electrons. The second-order valence-electron chi connectivity index (χ2n) is 2.54. The molecule has 4 nitrogen and oxygen atoms in total. The summed E-state index contributed by atoms with van der Waals surface area (Å²) in [4.78, 5) is 21.1. The SMILES string of the molecule is C#CCCCNC(=O)CSCC(=O)O. The highest BCUT2D eigenvalue weighted by atomic mass is 32.2. The van der Waals surface area contributed by atoms with Crippen LogP contribution in [0.25, 0.3) is 0 Å². The minimum atomic E-state index is -0.907. The molecule has 78 valence electrons. The lowest BCUT2D eigenvalue weighted by atomic mass is 10.3. The quantitative estimate of drug-likeness (QED) is 0.474. The summed E-state index contributed by atoms with van der Waals surface area (Å²) in [6, 6.07) is 0. The van der Waals surface area contributed by atoms with Crippen LogP contribution in [0, 0.1) is 12.3 Å². The van der Waals surface area contributed by atoms with E-state index in [-0.39, 0.29) is 17.4 Å². The van der Waals surface area contributed by atoms with E-state index in [0.29, 0.717) is 13.0 Å². The maximum Gasteiger partial charge on any atom is 0.313 e. The Morgan fingerprint density at radius 1 is 1.43 bits per heavy atom. The largest absolute Gasteiger partial charge is 0.481 e. The Hall–Kier alpha value is -1.15. The maximum atomic E-state index is 11.0. The third-order valence-electron chi connectivity index (χ3n) is 1.28. The molecule has 5 heteroatoms. The number of aliphatic carboxylic acids is 1. The predicted octanol–water partition coefficient (Wildman–Crippen LogP) is 0.334. The molecular weight excluding hydrogens is 202 g/mol. The van der Waals surface area contributed by atoms with E-state index in [1.807, 2.05) is 0 Å². The van der Waals surface area contributed by atoms with Crippen molar-refractivity contribution in [2.75, 3.05) is 18.1 Å². The number of rotatable bonds is 7. The van der Waals surface area contributed by atoms with Crippen LogP contribution in [-0.4, -0.2) is 35.0 Å². The van der Waals surface area contributed by atoms with Crippen LogP contribution in [0.5, 0.6) is 0 Å². The van der Waals surface area contributed by atoms with E-state index in [2.05, 4.69) is 11.2 Å². The number of carbonyl (C=O) groups is 2. The fraction of sp³-hybridized carbons (Fsp3) is 0.556. The zero-order chi connectivity index (χ0) is 10.8. The Balaban J connectivity index is 3.29. The summed E-state index contributed by atoms with van der Waals surface area (Å²) < 4.78 is 0. The summed E-state index contributed by atoms with van der Waals surface area (Å²) in [5.41, 5.74) is 0. The highest BCUT2D eigenvalue weighted by molar-refractivity contribution is 8.00. The van der Waals surface area contributed by atoms with Gasteiger partial charge in [0, 0.05) is 13.0 Å². The molecule has 0 rings (SSSR count). The Morgan fingerprint density at radius 3 is 2.71 bits per heavy atom. The van der Waals surface area contributed by atoms with E-state index in [1.54, 1.807) is 0 Å². The topological polar surface area (TPSA) is 66.4 Å². The van der Waals surface area contributed by atoms with Gasteiger partial charge in [0.15, 0.2) is 0 Å². The lowest BCUT2D eigenvalue weighted by Crippen LogP contribution is -2.26. The monoisotopic (exact) mass is 215 g/mol. The van der Waals surface area contributed by atoms with Crippen LogP contribution in [-0.2, 0) is 9.59 Å². The van der Waals surface area contributed by atoms with Gasteiger partial charge in [-0.3, -0.25) is 9.59 Å². The minimum absolute atomic E-state index is 0.0439. The Labute approximate surface area is 87.4 Å². The van der Waals surface area contributed by atoms with Gasteiger partial charge in [-0.2, -0.15) is 0 Å². The number of hydrogen-bond acceptors (Lipinski definition) is 3. The second kappa shape index (κ2) is 8.45. The van der Waals surface area contributed by atoms with Crippen molar-refractivity contribution in [1.29, 1.82) is 0 Å². The fourth-order valence-corrected chi connectivity index (χ4v) is 1.26. The molecule has 0 aliphatic rings. The lowest BCUT2D eigenvalue weighted by Gasteiger charge is -2.02. The maximum absolute atomic E-state index is 11.0. The number of thioether (sulfide) groups is 1. The molecule has 0 aromatic rings. The molecule has 0 bridgehead atoms. The van der Waals surface area contributed by atoms with Gasteiger partial charge in [0.1, 0.15) is 0 Å². The van der Waals surface area contributed by atoms with Gasteiger partial charge in [-0.15, -0.1) is 24.1 Å². The molecule has 0 aliphatic heterocycles. The molecule has 0 saturated carbocycles. The zero-order valence-electron chi connectivity index (χ0n) is 7.78. The number of unbranched alkanes of at least 4 members (excludes halogenated alkanes) is 1. The van der Waals surface area contributed by atoms with Crippen molar-refractivity contribution in [3.63, 3.8) is 0 Å². The molecule has 0 unspecified atom stereocenters. The third-order valence-corrected chi connectivity index (χ3v) is 2.20. The summed E-state index contributed by atoms with van der Waals surface area (Å²) in [5, 5.41) is 10.9. The number of carbonyl (C=O) groups excluding carboxylic acids is 1. The summed E-state index contributed by atoms with van der Waals surface area (Å²) in [6.07, 6.45) is 6.42. The number of terminal acetylenes is 1. The molecule has 14 heavy (non-hydrogen) atoms. The van der Waals surface area contributed by atoms with Crippen molar-refractivity contribution < 1.29 is 14.7 Å². The minimum Gasteiger partial charge on any atom is -0.481 e. The van der Waals surface area contributed by atoms with Crippen molar-refractivity contribution in [2.24, 2.45) is 0 Å². The first-order chi connectivity index (χ1) is 6.66. The van der Waals surface area contributed by atoms with Crippen LogP contribution in [0.1, 0.15) is 12.8 Å². The molecule has 0 aromatic carbocycles. The summed E-state index contributed by atoms with van der Waals surface area (Å²) >= 11 is 1.08. The number of carboxylic acid groups (broad SMARTS) is 1. The van der Waals surface area contributed by atoms with Gasteiger partial charge >= 0.3 is 5.97 Å². The average molecular weight is 215 g/mol. The smallest absolute Gasteiger partial charge is 0.313 e. The van der Waals surface area contributed by atoms with E-state index < -0.39 is 5.97 Å². The standard InChI is InChI=1S/C9H13NO3S/c1-2-3-4-5-10-8(11)6-14-7-9(12)13/h1H,3-7H2,(H,10,11)(H,12,13). The van der Waals surface area contributed by atoms with E-state index in [9.17, 15) is 9.59 Å². The highest BCUT2D eigenvalue weighted by Crippen LogP contribution is 1.97. The van der Waals surface area contributed by atoms with E-state index in [0.717, 1.165) is 18.2 Å². The van der Waals surface area contributed by atoms with Gasteiger partial charge in [-0.05, 0) is 6.42 Å². The molecule has 1 amide bonds. The average Bonchev–Trinajstić information content (AvgIpc) is 2.12. The van der Waals surface area contributed by atoms with Gasteiger partial charge in [0.25, 0.3) is 0 Å².